The fraction of sp³-hybridized carbons (Fsp3) is 0.526. The Hall–Kier alpha value is -1.85. The molecule has 24 heavy (non-hydrogen) atoms. The van der Waals surface area contributed by atoms with Crippen LogP contribution in [0.15, 0.2) is 30.5 Å². The molecule has 4 bridgehead atoms. The van der Waals surface area contributed by atoms with Gasteiger partial charge in [0.2, 0.25) is 0 Å². The van der Waals surface area contributed by atoms with Gasteiger partial charge in [0.1, 0.15) is 0 Å². The van der Waals surface area contributed by atoms with Crippen molar-refractivity contribution < 1.29 is 9.90 Å². The molecule has 4 fully saturated rings. The van der Waals surface area contributed by atoms with Crippen molar-refractivity contribution in [2.75, 3.05) is 6.54 Å². The lowest BCUT2D eigenvalue weighted by atomic mass is 9.70. The standard InChI is InChI=1S/C19H23N3O2/c23-18-10-22-13-5-11(18)6-14(22)8-12(7-13)21-19(24)16-9-20-17-4-2-1-3-15(16)17/h1-4,9,11-14,18,20,23H,5-8,10H2,(H,21,24)/t11?,12?,13-,14?,18+/m0/s1. The zero-order valence-corrected chi connectivity index (χ0v) is 13.6. The highest BCUT2D eigenvalue weighted by molar-refractivity contribution is 6.06. The number of carbonyl (C=O) groups excluding carboxylic acids is 1. The van der Waals surface area contributed by atoms with Crippen LogP contribution in [0.3, 0.4) is 0 Å². The first-order valence-corrected chi connectivity index (χ1v) is 9.00. The second kappa shape index (κ2) is 5.33. The van der Waals surface area contributed by atoms with Crippen LogP contribution < -0.4 is 5.32 Å². The van der Waals surface area contributed by atoms with Crippen LogP contribution in [-0.2, 0) is 0 Å². The number of aromatic amines is 1. The second-order valence-electron chi connectivity index (χ2n) is 7.69. The first-order chi connectivity index (χ1) is 11.7. The van der Waals surface area contributed by atoms with E-state index in [1.165, 1.54) is 0 Å². The number of fused-ring (bicyclic) bond motifs is 2. The average molecular weight is 325 g/mol. The molecule has 5 heteroatoms. The third kappa shape index (κ3) is 2.19. The van der Waals surface area contributed by atoms with Crippen LogP contribution in [-0.4, -0.2) is 51.7 Å². The van der Waals surface area contributed by atoms with E-state index in [-0.39, 0.29) is 18.1 Å². The van der Waals surface area contributed by atoms with Gasteiger partial charge in [0.15, 0.2) is 0 Å². The van der Waals surface area contributed by atoms with Gasteiger partial charge in [-0.1, -0.05) is 18.2 Å². The first kappa shape index (κ1) is 14.5. The predicted molar refractivity (Wildman–Crippen MR) is 91.8 cm³/mol. The summed E-state index contributed by atoms with van der Waals surface area (Å²) < 4.78 is 0. The summed E-state index contributed by atoms with van der Waals surface area (Å²) in [5, 5.41) is 14.3. The molecule has 0 saturated carbocycles. The van der Waals surface area contributed by atoms with Crippen molar-refractivity contribution in [3.63, 3.8) is 0 Å². The van der Waals surface area contributed by atoms with E-state index in [1.807, 2.05) is 30.5 Å². The molecule has 0 radical (unpaired) electrons. The van der Waals surface area contributed by atoms with Crippen LogP contribution in [0.1, 0.15) is 36.0 Å². The molecule has 4 aliphatic rings. The minimum absolute atomic E-state index is 0.0256. The number of nitrogens with zero attached hydrogens (tertiary/aromatic N) is 1. The number of H-pyrrole nitrogens is 1. The fourth-order valence-corrected chi connectivity index (χ4v) is 5.20. The fourth-order valence-electron chi connectivity index (χ4n) is 5.20. The number of nitrogens with one attached hydrogen (secondary N) is 2. The van der Waals surface area contributed by atoms with Gasteiger partial charge < -0.3 is 15.4 Å². The van der Waals surface area contributed by atoms with Gasteiger partial charge >= 0.3 is 0 Å². The van der Waals surface area contributed by atoms with Crippen molar-refractivity contribution >= 4 is 16.8 Å². The highest BCUT2D eigenvalue weighted by Gasteiger charge is 2.48. The Morgan fingerprint density at radius 1 is 1.17 bits per heavy atom. The lowest BCUT2D eigenvalue weighted by molar-refractivity contribution is -0.110. The quantitative estimate of drug-likeness (QED) is 0.790. The topological polar surface area (TPSA) is 68.4 Å². The van der Waals surface area contributed by atoms with Crippen LogP contribution in [0.5, 0.6) is 0 Å². The van der Waals surface area contributed by atoms with E-state index < -0.39 is 0 Å². The van der Waals surface area contributed by atoms with Crippen molar-refractivity contribution in [1.29, 1.82) is 0 Å². The van der Waals surface area contributed by atoms with Crippen LogP contribution >= 0.6 is 0 Å². The zero-order chi connectivity index (χ0) is 16.3. The Kier molecular flexibility index (Phi) is 3.22. The lowest BCUT2D eigenvalue weighted by Crippen LogP contribution is -2.65. The van der Waals surface area contributed by atoms with Crippen molar-refractivity contribution in [3.8, 4) is 0 Å². The number of benzene rings is 1. The predicted octanol–water partition coefficient (Wildman–Crippen LogP) is 1.88. The third-order valence-corrected chi connectivity index (χ3v) is 6.31. The van der Waals surface area contributed by atoms with E-state index >= 15 is 0 Å². The molecule has 4 unspecified atom stereocenters. The monoisotopic (exact) mass is 325 g/mol. The summed E-state index contributed by atoms with van der Waals surface area (Å²) in [5.74, 6) is 0.493. The van der Waals surface area contributed by atoms with E-state index in [0.29, 0.717) is 18.0 Å². The van der Waals surface area contributed by atoms with Gasteiger partial charge in [-0.25, -0.2) is 0 Å². The van der Waals surface area contributed by atoms with Gasteiger partial charge in [0, 0.05) is 41.8 Å². The SMILES string of the molecule is O=C(NC1CC2CC3C[C@@H](C1)N2C[C@H]3O)c1c[nH]c2ccccc12. The Morgan fingerprint density at radius 3 is 2.67 bits per heavy atom. The van der Waals surface area contributed by atoms with Gasteiger partial charge in [-0.15, -0.1) is 0 Å². The zero-order valence-electron chi connectivity index (χ0n) is 13.6. The number of rotatable bonds is 2. The van der Waals surface area contributed by atoms with E-state index in [4.69, 9.17) is 0 Å². The highest BCUT2D eigenvalue weighted by atomic mass is 16.3. The maximum Gasteiger partial charge on any atom is 0.253 e. The summed E-state index contributed by atoms with van der Waals surface area (Å²) >= 11 is 0. The molecule has 0 aliphatic carbocycles. The molecule has 2 aromatic rings. The Bertz CT molecular complexity index is 770. The Morgan fingerprint density at radius 2 is 1.92 bits per heavy atom. The van der Waals surface area contributed by atoms with E-state index in [2.05, 4.69) is 15.2 Å². The van der Waals surface area contributed by atoms with Crippen LogP contribution in [0, 0.1) is 5.92 Å². The third-order valence-electron chi connectivity index (χ3n) is 6.31. The van der Waals surface area contributed by atoms with Crippen molar-refractivity contribution in [1.82, 2.24) is 15.2 Å². The summed E-state index contributed by atoms with van der Waals surface area (Å²) in [6.45, 7) is 0.823. The molecule has 1 amide bonds. The summed E-state index contributed by atoms with van der Waals surface area (Å²) in [5.41, 5.74) is 1.74. The van der Waals surface area contributed by atoms with Gasteiger partial charge in [0.25, 0.3) is 5.91 Å². The molecule has 4 aliphatic heterocycles. The average Bonchev–Trinajstić information content (AvgIpc) is 2.99. The molecule has 126 valence electrons. The minimum Gasteiger partial charge on any atom is -0.392 e. The molecule has 0 spiro atoms. The number of hydrogen-bond acceptors (Lipinski definition) is 3. The van der Waals surface area contributed by atoms with Crippen LogP contribution in [0.2, 0.25) is 0 Å². The first-order valence-electron chi connectivity index (χ1n) is 9.00. The molecule has 1 aromatic heterocycles. The molecule has 1 aromatic carbocycles. The Balaban J connectivity index is 1.32. The number of piperidine rings is 4. The normalized spacial score (nSPS) is 37.5. The number of aliphatic hydroxyl groups is 1. The van der Waals surface area contributed by atoms with Gasteiger partial charge in [-0.2, -0.15) is 0 Å². The number of carbonyl (C=O) groups is 1. The number of hydrogen-bond donors (Lipinski definition) is 3. The number of amides is 1. The largest absolute Gasteiger partial charge is 0.392 e. The molecule has 4 saturated heterocycles. The van der Waals surface area contributed by atoms with Crippen molar-refractivity contribution in [3.05, 3.63) is 36.0 Å². The number of aromatic nitrogens is 1. The summed E-state index contributed by atoms with van der Waals surface area (Å²) in [4.78, 5) is 18.4. The number of para-hydroxylation sites is 1. The second-order valence-corrected chi connectivity index (χ2v) is 7.69. The van der Waals surface area contributed by atoms with Gasteiger partial charge in [0.05, 0.1) is 11.7 Å². The number of aliphatic hydroxyl groups excluding tert-OH is 1. The smallest absolute Gasteiger partial charge is 0.253 e. The lowest BCUT2D eigenvalue weighted by Gasteiger charge is -2.57. The highest BCUT2D eigenvalue weighted by Crippen LogP contribution is 2.43. The van der Waals surface area contributed by atoms with Gasteiger partial charge in [-0.3, -0.25) is 9.69 Å². The maximum atomic E-state index is 12.7. The molecular formula is C19H23N3O2. The molecule has 6 atom stereocenters. The maximum absolute atomic E-state index is 12.7. The van der Waals surface area contributed by atoms with E-state index in [0.717, 1.165) is 48.7 Å². The van der Waals surface area contributed by atoms with Crippen molar-refractivity contribution in [2.24, 2.45) is 5.92 Å². The van der Waals surface area contributed by atoms with E-state index in [1.54, 1.807) is 0 Å². The molecular weight excluding hydrogens is 302 g/mol. The summed E-state index contributed by atoms with van der Waals surface area (Å²) in [7, 11) is 0. The van der Waals surface area contributed by atoms with Crippen LogP contribution in [0.4, 0.5) is 0 Å². The van der Waals surface area contributed by atoms with E-state index in [9.17, 15) is 9.90 Å². The minimum atomic E-state index is -0.144. The Labute approximate surface area is 141 Å². The molecule has 5 nitrogen and oxygen atoms in total. The van der Waals surface area contributed by atoms with Crippen LogP contribution in [0.25, 0.3) is 10.9 Å². The molecule has 6 rings (SSSR count). The van der Waals surface area contributed by atoms with Crippen molar-refractivity contribution in [2.45, 2.75) is 49.9 Å². The molecule has 5 heterocycles. The van der Waals surface area contributed by atoms with Gasteiger partial charge in [-0.05, 0) is 37.7 Å². The molecule has 3 N–H and O–H groups in total. The summed E-state index contributed by atoms with van der Waals surface area (Å²) in [6, 6.07) is 9.22. The summed E-state index contributed by atoms with van der Waals surface area (Å²) in [6.07, 6.45) is 5.84.